The zero-order valence-electron chi connectivity index (χ0n) is 11.1. The summed E-state index contributed by atoms with van der Waals surface area (Å²) in [4.78, 5) is 14.7. The summed E-state index contributed by atoms with van der Waals surface area (Å²) < 4.78 is 0. The molecule has 1 fully saturated rings. The highest BCUT2D eigenvalue weighted by atomic mass is 35.5. The van der Waals surface area contributed by atoms with Gasteiger partial charge in [-0.05, 0) is 24.5 Å². The van der Waals surface area contributed by atoms with Gasteiger partial charge in [0.05, 0.1) is 0 Å². The van der Waals surface area contributed by atoms with E-state index >= 15 is 0 Å². The molecule has 0 saturated carbocycles. The first-order valence-electron chi connectivity index (χ1n) is 6.49. The lowest BCUT2D eigenvalue weighted by atomic mass is 10.0. The molecule has 0 radical (unpaired) electrons. The topological polar surface area (TPSA) is 43.8 Å². The average molecular weight is 283 g/mol. The van der Waals surface area contributed by atoms with Crippen LogP contribution in [0.3, 0.4) is 0 Å². The molecule has 1 aromatic rings. The lowest BCUT2D eigenvalue weighted by Gasteiger charge is -2.35. The van der Waals surface area contributed by atoms with E-state index in [0.717, 1.165) is 43.1 Å². The van der Waals surface area contributed by atoms with E-state index in [1.54, 1.807) is 7.05 Å². The lowest BCUT2D eigenvalue weighted by Crippen LogP contribution is -2.44. The number of halogens is 1. The summed E-state index contributed by atoms with van der Waals surface area (Å²) in [6, 6.07) is 8.01. The van der Waals surface area contributed by atoms with Crippen LogP contribution in [0.2, 0.25) is 5.02 Å². The monoisotopic (exact) mass is 282 g/mol. The van der Waals surface area contributed by atoms with E-state index in [9.17, 15) is 4.79 Å². The summed E-state index contributed by atoms with van der Waals surface area (Å²) >= 11 is 6.15. The van der Waals surface area contributed by atoms with Gasteiger partial charge in [0.15, 0.2) is 0 Å². The van der Waals surface area contributed by atoms with Crippen LogP contribution in [0, 0.1) is 0 Å². The number of carboxylic acid groups (broad SMARTS) is 1. The number of hydrogen-bond acceptors (Lipinski definition) is 2. The smallest absolute Gasteiger partial charge is 0.407 e. The van der Waals surface area contributed by atoms with Gasteiger partial charge in [-0.3, -0.25) is 4.90 Å². The van der Waals surface area contributed by atoms with Crippen molar-refractivity contribution in [3.63, 3.8) is 0 Å². The van der Waals surface area contributed by atoms with Gasteiger partial charge in [-0.2, -0.15) is 0 Å². The Hall–Kier alpha value is -1.26. The number of piperidine rings is 1. The molecule has 1 saturated heterocycles. The molecule has 0 bridgehead atoms. The zero-order valence-corrected chi connectivity index (χ0v) is 11.8. The van der Waals surface area contributed by atoms with Gasteiger partial charge in [0, 0.05) is 37.7 Å². The van der Waals surface area contributed by atoms with Crippen molar-refractivity contribution in [1.82, 2.24) is 9.80 Å². The molecule has 4 nitrogen and oxygen atoms in total. The van der Waals surface area contributed by atoms with E-state index < -0.39 is 6.09 Å². The minimum Gasteiger partial charge on any atom is -0.465 e. The minimum atomic E-state index is -0.843. The van der Waals surface area contributed by atoms with Gasteiger partial charge in [0.1, 0.15) is 0 Å². The van der Waals surface area contributed by atoms with Crippen LogP contribution in [0.25, 0.3) is 0 Å². The van der Waals surface area contributed by atoms with Crippen molar-refractivity contribution >= 4 is 17.7 Å². The summed E-state index contributed by atoms with van der Waals surface area (Å²) in [6.07, 6.45) is 0.921. The molecule has 5 heteroatoms. The van der Waals surface area contributed by atoms with Crippen LogP contribution in [0.15, 0.2) is 24.3 Å². The van der Waals surface area contributed by atoms with E-state index in [-0.39, 0.29) is 6.04 Å². The molecule has 1 aromatic carbocycles. The van der Waals surface area contributed by atoms with Gasteiger partial charge in [-0.25, -0.2) is 4.79 Å². The van der Waals surface area contributed by atoms with Crippen LogP contribution in [0.5, 0.6) is 0 Å². The van der Waals surface area contributed by atoms with Gasteiger partial charge < -0.3 is 10.0 Å². The normalized spacial score (nSPS) is 17.4. The van der Waals surface area contributed by atoms with Gasteiger partial charge in [0.2, 0.25) is 0 Å². The minimum absolute atomic E-state index is 0.139. The molecule has 0 aromatic heterocycles. The molecule has 0 spiro atoms. The first-order chi connectivity index (χ1) is 9.08. The molecule has 19 heavy (non-hydrogen) atoms. The average Bonchev–Trinajstić information content (AvgIpc) is 2.41. The zero-order chi connectivity index (χ0) is 13.8. The largest absolute Gasteiger partial charge is 0.465 e. The van der Waals surface area contributed by atoms with Crippen LogP contribution >= 0.6 is 11.6 Å². The molecule has 0 atom stereocenters. The Bertz CT molecular complexity index is 445. The number of benzene rings is 1. The van der Waals surface area contributed by atoms with E-state index in [2.05, 4.69) is 4.90 Å². The molecule has 0 aliphatic carbocycles. The van der Waals surface area contributed by atoms with E-state index in [1.807, 2.05) is 24.3 Å². The number of carbonyl (C=O) groups is 1. The second kappa shape index (κ2) is 6.26. The highest BCUT2D eigenvalue weighted by molar-refractivity contribution is 6.31. The number of hydrogen-bond donors (Lipinski definition) is 1. The molecular formula is C14H19ClN2O2. The maximum atomic E-state index is 10.9. The Labute approximate surface area is 118 Å². The third-order valence-corrected chi connectivity index (χ3v) is 4.13. The van der Waals surface area contributed by atoms with Crippen molar-refractivity contribution < 1.29 is 9.90 Å². The molecule has 1 aliphatic rings. The summed E-state index contributed by atoms with van der Waals surface area (Å²) in [7, 11) is 1.65. The van der Waals surface area contributed by atoms with Crippen LogP contribution < -0.4 is 0 Å². The summed E-state index contributed by atoms with van der Waals surface area (Å²) in [6.45, 7) is 2.66. The van der Waals surface area contributed by atoms with Crippen molar-refractivity contribution in [3.8, 4) is 0 Å². The summed E-state index contributed by atoms with van der Waals surface area (Å²) in [5.74, 6) is 0. The predicted molar refractivity (Wildman–Crippen MR) is 75.5 cm³/mol. The van der Waals surface area contributed by atoms with Crippen LogP contribution in [-0.2, 0) is 6.54 Å². The predicted octanol–water partition coefficient (Wildman–Crippen LogP) is 2.91. The highest BCUT2D eigenvalue weighted by Crippen LogP contribution is 2.21. The van der Waals surface area contributed by atoms with Crippen molar-refractivity contribution in [2.75, 3.05) is 20.1 Å². The highest BCUT2D eigenvalue weighted by Gasteiger charge is 2.25. The Morgan fingerprint density at radius 1 is 1.42 bits per heavy atom. The standard InChI is InChI=1S/C14H19ClN2O2/c1-16(14(18)19)12-6-8-17(9-7-12)10-11-4-2-3-5-13(11)15/h2-5,12H,6-10H2,1H3,(H,18,19). The Morgan fingerprint density at radius 2 is 2.05 bits per heavy atom. The van der Waals surface area contributed by atoms with Crippen molar-refractivity contribution in [2.24, 2.45) is 0 Å². The molecule has 0 unspecified atom stereocenters. The van der Waals surface area contributed by atoms with E-state index in [0.29, 0.717) is 0 Å². The SMILES string of the molecule is CN(C(=O)O)C1CCN(Cc2ccccc2Cl)CC1. The number of likely N-dealkylation sites (tertiary alicyclic amines) is 1. The van der Waals surface area contributed by atoms with Crippen molar-refractivity contribution in [1.29, 1.82) is 0 Å². The van der Waals surface area contributed by atoms with Crippen LogP contribution in [0.4, 0.5) is 4.79 Å². The van der Waals surface area contributed by atoms with Gasteiger partial charge in [-0.1, -0.05) is 29.8 Å². The molecule has 1 N–H and O–H groups in total. The van der Waals surface area contributed by atoms with Crippen LogP contribution in [0.1, 0.15) is 18.4 Å². The first kappa shape index (κ1) is 14.2. The van der Waals surface area contributed by atoms with Crippen LogP contribution in [-0.4, -0.2) is 47.2 Å². The van der Waals surface area contributed by atoms with Gasteiger partial charge >= 0.3 is 6.09 Å². The van der Waals surface area contributed by atoms with Gasteiger partial charge in [0.25, 0.3) is 0 Å². The number of nitrogens with zero attached hydrogens (tertiary/aromatic N) is 2. The Kier molecular flexibility index (Phi) is 4.66. The fraction of sp³-hybridized carbons (Fsp3) is 0.500. The Morgan fingerprint density at radius 3 is 2.63 bits per heavy atom. The third-order valence-electron chi connectivity index (χ3n) is 3.76. The molecule has 1 aliphatic heterocycles. The van der Waals surface area contributed by atoms with E-state index in [1.165, 1.54) is 4.90 Å². The fourth-order valence-electron chi connectivity index (χ4n) is 2.49. The first-order valence-corrected chi connectivity index (χ1v) is 6.87. The fourth-order valence-corrected chi connectivity index (χ4v) is 2.68. The second-order valence-corrected chi connectivity index (χ2v) is 5.40. The second-order valence-electron chi connectivity index (χ2n) is 4.99. The summed E-state index contributed by atoms with van der Waals surface area (Å²) in [5, 5.41) is 9.77. The molecule has 1 amide bonds. The Balaban J connectivity index is 1.87. The molecule has 104 valence electrons. The van der Waals surface area contributed by atoms with Crippen molar-refractivity contribution in [2.45, 2.75) is 25.4 Å². The molecular weight excluding hydrogens is 264 g/mol. The van der Waals surface area contributed by atoms with E-state index in [4.69, 9.17) is 16.7 Å². The van der Waals surface area contributed by atoms with Gasteiger partial charge in [-0.15, -0.1) is 0 Å². The summed E-state index contributed by atoms with van der Waals surface area (Å²) in [5.41, 5.74) is 1.13. The quantitative estimate of drug-likeness (QED) is 0.927. The maximum absolute atomic E-state index is 10.9. The van der Waals surface area contributed by atoms with Crippen molar-refractivity contribution in [3.05, 3.63) is 34.9 Å². The lowest BCUT2D eigenvalue weighted by molar-refractivity contribution is 0.103. The third kappa shape index (κ3) is 3.61. The molecule has 2 rings (SSSR count). The number of rotatable bonds is 3. The molecule has 1 heterocycles. The number of amides is 1. The maximum Gasteiger partial charge on any atom is 0.407 e.